The number of nitrogens with one attached hydrogen (secondary N) is 1. The molecule has 0 saturated heterocycles. The lowest BCUT2D eigenvalue weighted by Gasteiger charge is -2.25. The normalized spacial score (nSPS) is 12.0. The molecule has 0 bridgehead atoms. The Balaban J connectivity index is 1.60. The van der Waals surface area contributed by atoms with Crippen molar-refractivity contribution in [3.63, 3.8) is 0 Å². The molecule has 4 rings (SSSR count). The van der Waals surface area contributed by atoms with E-state index in [9.17, 15) is 18.0 Å². The summed E-state index contributed by atoms with van der Waals surface area (Å²) >= 11 is 1.19. The van der Waals surface area contributed by atoms with Crippen LogP contribution >= 0.6 is 11.3 Å². The highest BCUT2D eigenvalue weighted by Gasteiger charge is 2.27. The first kappa shape index (κ1) is 27.6. The molecule has 4 aromatic rings. The van der Waals surface area contributed by atoms with Crippen LogP contribution in [0.15, 0.2) is 77.7 Å². The van der Waals surface area contributed by atoms with Gasteiger partial charge in [-0.15, -0.1) is 0 Å². The highest BCUT2D eigenvalue weighted by atomic mass is 32.2. The topological polar surface area (TPSA) is 96.4 Å². The van der Waals surface area contributed by atoms with E-state index < -0.39 is 15.9 Å². The lowest BCUT2D eigenvalue weighted by atomic mass is 9.98. The molecule has 198 valence electrons. The van der Waals surface area contributed by atoms with E-state index in [1.54, 1.807) is 66.7 Å². The second-order valence-corrected chi connectivity index (χ2v) is 12.9. The van der Waals surface area contributed by atoms with Crippen molar-refractivity contribution in [3.05, 3.63) is 89.5 Å². The highest BCUT2D eigenvalue weighted by molar-refractivity contribution is 7.89. The van der Waals surface area contributed by atoms with Crippen LogP contribution < -0.4 is 5.32 Å². The zero-order valence-electron chi connectivity index (χ0n) is 21.8. The summed E-state index contributed by atoms with van der Waals surface area (Å²) in [5.41, 5.74) is 1.60. The average molecular weight is 550 g/mol. The molecular formula is C29H31N3O4S2. The number of carbonyl (C=O) groups excluding carboxylic acids is 2. The van der Waals surface area contributed by atoms with E-state index in [1.165, 1.54) is 15.6 Å². The number of thiazole rings is 1. The van der Waals surface area contributed by atoms with E-state index in [4.69, 9.17) is 0 Å². The van der Waals surface area contributed by atoms with Gasteiger partial charge < -0.3 is 0 Å². The summed E-state index contributed by atoms with van der Waals surface area (Å²) in [6.45, 7) is 8.85. The predicted octanol–water partition coefficient (Wildman–Crippen LogP) is 6.08. The van der Waals surface area contributed by atoms with Crippen molar-refractivity contribution < 1.29 is 18.0 Å². The molecule has 0 unspecified atom stereocenters. The van der Waals surface area contributed by atoms with Crippen LogP contribution in [0, 0.1) is 11.8 Å². The second kappa shape index (κ2) is 11.6. The summed E-state index contributed by atoms with van der Waals surface area (Å²) in [5, 5.41) is 3.11. The summed E-state index contributed by atoms with van der Waals surface area (Å²) < 4.78 is 29.1. The third kappa shape index (κ3) is 6.18. The fourth-order valence-electron chi connectivity index (χ4n) is 4.14. The Morgan fingerprint density at radius 3 is 2.11 bits per heavy atom. The fourth-order valence-corrected chi connectivity index (χ4v) is 6.91. The van der Waals surface area contributed by atoms with Crippen molar-refractivity contribution >= 4 is 48.4 Å². The molecule has 0 aliphatic carbocycles. The first-order chi connectivity index (χ1) is 18.1. The molecule has 1 heterocycles. The van der Waals surface area contributed by atoms with Crippen LogP contribution in [-0.2, 0) is 10.0 Å². The van der Waals surface area contributed by atoms with E-state index in [1.807, 2.05) is 33.8 Å². The lowest BCUT2D eigenvalue weighted by molar-refractivity contribution is 0.0996. The van der Waals surface area contributed by atoms with Crippen molar-refractivity contribution in [1.82, 2.24) is 9.29 Å². The third-order valence-electron chi connectivity index (χ3n) is 5.81. The first-order valence-corrected chi connectivity index (χ1v) is 14.7. The number of rotatable bonds is 10. The smallest absolute Gasteiger partial charge is 0.258 e. The van der Waals surface area contributed by atoms with Gasteiger partial charge in [0.15, 0.2) is 10.9 Å². The molecule has 0 atom stereocenters. The van der Waals surface area contributed by atoms with Crippen LogP contribution in [0.4, 0.5) is 5.13 Å². The number of fused-ring (bicyclic) bond motifs is 1. The molecule has 1 aromatic heterocycles. The van der Waals surface area contributed by atoms with E-state index in [-0.39, 0.29) is 28.1 Å². The quantitative estimate of drug-likeness (QED) is 0.242. The van der Waals surface area contributed by atoms with Crippen LogP contribution in [0.3, 0.4) is 0 Å². The largest absolute Gasteiger partial charge is 0.298 e. The Labute approximate surface area is 227 Å². The maximum Gasteiger partial charge on any atom is 0.258 e. The van der Waals surface area contributed by atoms with Crippen molar-refractivity contribution in [3.8, 4) is 0 Å². The number of ketones is 1. The number of benzene rings is 3. The van der Waals surface area contributed by atoms with Crippen molar-refractivity contribution in [2.24, 2.45) is 11.8 Å². The molecule has 7 nitrogen and oxygen atoms in total. The summed E-state index contributed by atoms with van der Waals surface area (Å²) in [6, 6.07) is 20.3. The summed E-state index contributed by atoms with van der Waals surface area (Å²) in [4.78, 5) is 30.9. The van der Waals surface area contributed by atoms with Gasteiger partial charge in [-0.3, -0.25) is 14.9 Å². The number of hydrogen-bond acceptors (Lipinski definition) is 6. The molecule has 0 aliphatic rings. The Morgan fingerprint density at radius 1 is 0.868 bits per heavy atom. The Kier molecular flexibility index (Phi) is 8.40. The van der Waals surface area contributed by atoms with Crippen LogP contribution in [0.25, 0.3) is 10.2 Å². The molecule has 3 aromatic carbocycles. The number of amides is 1. The second-order valence-electron chi connectivity index (χ2n) is 9.95. The summed E-state index contributed by atoms with van der Waals surface area (Å²) in [7, 11) is -3.69. The van der Waals surface area contributed by atoms with E-state index in [2.05, 4.69) is 10.3 Å². The summed E-state index contributed by atoms with van der Waals surface area (Å²) in [6.07, 6.45) is 0. The van der Waals surface area contributed by atoms with Gasteiger partial charge in [0.2, 0.25) is 10.0 Å². The standard InChI is InChI=1S/C29H31N3O4S2/c1-19(2)17-32(18-20(3)4)38(35,36)22-14-15-25-26(16-22)37-29(30-25)31-28(34)24-13-9-8-12-23(24)27(33)21-10-6-5-7-11-21/h5-16,19-20H,17-18H2,1-4H3,(H,30,31,34). The molecular weight excluding hydrogens is 518 g/mol. The molecule has 1 amide bonds. The Bertz CT molecular complexity index is 1550. The third-order valence-corrected chi connectivity index (χ3v) is 8.57. The van der Waals surface area contributed by atoms with Gasteiger partial charge in [-0.2, -0.15) is 4.31 Å². The number of carbonyl (C=O) groups is 2. The fraction of sp³-hybridized carbons (Fsp3) is 0.276. The number of sulfonamides is 1. The van der Waals surface area contributed by atoms with Crippen molar-refractivity contribution in [2.45, 2.75) is 32.6 Å². The molecule has 38 heavy (non-hydrogen) atoms. The van der Waals surface area contributed by atoms with Gasteiger partial charge in [0, 0.05) is 24.2 Å². The van der Waals surface area contributed by atoms with E-state index in [0.717, 1.165) is 0 Å². The van der Waals surface area contributed by atoms with E-state index >= 15 is 0 Å². The molecule has 1 N–H and O–H groups in total. The zero-order valence-corrected chi connectivity index (χ0v) is 23.5. The minimum absolute atomic E-state index is 0.189. The Morgan fingerprint density at radius 2 is 1.47 bits per heavy atom. The van der Waals surface area contributed by atoms with Crippen LogP contribution in [0.2, 0.25) is 0 Å². The van der Waals surface area contributed by atoms with Crippen LogP contribution in [0.1, 0.15) is 54.0 Å². The molecule has 0 spiro atoms. The molecule has 9 heteroatoms. The van der Waals surface area contributed by atoms with Gasteiger partial charge in [-0.1, -0.05) is 87.6 Å². The highest BCUT2D eigenvalue weighted by Crippen LogP contribution is 2.30. The monoisotopic (exact) mass is 549 g/mol. The van der Waals surface area contributed by atoms with Gasteiger partial charge in [0.05, 0.1) is 20.7 Å². The minimum Gasteiger partial charge on any atom is -0.298 e. The minimum atomic E-state index is -3.69. The van der Waals surface area contributed by atoms with Gasteiger partial charge in [-0.25, -0.2) is 13.4 Å². The average Bonchev–Trinajstić information content (AvgIpc) is 3.29. The summed E-state index contributed by atoms with van der Waals surface area (Å²) in [5.74, 6) is -0.331. The maximum absolute atomic E-state index is 13.4. The molecule has 0 radical (unpaired) electrons. The van der Waals surface area contributed by atoms with E-state index in [0.29, 0.717) is 39.6 Å². The number of hydrogen-bond donors (Lipinski definition) is 1. The first-order valence-electron chi connectivity index (χ1n) is 12.5. The van der Waals surface area contributed by atoms with Gasteiger partial charge >= 0.3 is 0 Å². The van der Waals surface area contributed by atoms with Crippen molar-refractivity contribution in [1.29, 1.82) is 0 Å². The number of aromatic nitrogens is 1. The van der Waals surface area contributed by atoms with Gasteiger partial charge in [0.25, 0.3) is 5.91 Å². The Hall–Kier alpha value is -3.40. The molecule has 0 aliphatic heterocycles. The molecule has 0 saturated carbocycles. The van der Waals surface area contributed by atoms with Gasteiger partial charge in [-0.05, 0) is 36.1 Å². The van der Waals surface area contributed by atoms with Crippen LogP contribution in [0.5, 0.6) is 0 Å². The van der Waals surface area contributed by atoms with Gasteiger partial charge in [0.1, 0.15) is 0 Å². The van der Waals surface area contributed by atoms with Crippen molar-refractivity contribution in [2.75, 3.05) is 18.4 Å². The lowest BCUT2D eigenvalue weighted by Crippen LogP contribution is -2.37. The zero-order chi connectivity index (χ0) is 27.4. The maximum atomic E-state index is 13.4. The predicted molar refractivity (Wildman–Crippen MR) is 152 cm³/mol. The number of nitrogens with zero attached hydrogens (tertiary/aromatic N) is 2. The van der Waals surface area contributed by atoms with Crippen LogP contribution in [-0.4, -0.2) is 42.5 Å². The SMILES string of the molecule is CC(C)CN(CC(C)C)S(=O)(=O)c1ccc2nc(NC(=O)c3ccccc3C(=O)c3ccccc3)sc2c1. The molecule has 0 fully saturated rings. The number of anilines is 1.